The highest BCUT2D eigenvalue weighted by molar-refractivity contribution is 5.76. The van der Waals surface area contributed by atoms with Crippen LogP contribution < -0.4 is 5.32 Å². The summed E-state index contributed by atoms with van der Waals surface area (Å²) in [5, 5.41) is 23.2. The van der Waals surface area contributed by atoms with Gasteiger partial charge in [-0.15, -0.1) is 0 Å². The molecule has 0 rings (SSSR count). The number of unbranched alkanes of at least 4 members (excludes halogenated alkanes) is 50. The average molecular weight is 1030 g/mol. The Morgan fingerprint density at radius 3 is 0.973 bits per heavy atom. The van der Waals surface area contributed by atoms with Crippen LogP contribution in [-0.4, -0.2) is 47.4 Å². The number of aliphatic hydroxyl groups excluding tert-OH is 2. The molecule has 0 spiro atoms. The maximum Gasteiger partial charge on any atom is 0.305 e. The summed E-state index contributed by atoms with van der Waals surface area (Å²) in [7, 11) is 0. The van der Waals surface area contributed by atoms with Crippen molar-refractivity contribution in [3.05, 3.63) is 12.2 Å². The minimum Gasteiger partial charge on any atom is -0.466 e. The minimum absolute atomic E-state index is 0.0199. The number of nitrogens with one attached hydrogen (secondary N) is 1. The maximum atomic E-state index is 12.5. The fourth-order valence-corrected chi connectivity index (χ4v) is 10.7. The van der Waals surface area contributed by atoms with Crippen LogP contribution in [0.25, 0.3) is 0 Å². The highest BCUT2D eigenvalue weighted by Gasteiger charge is 2.20. The highest BCUT2D eigenvalue weighted by atomic mass is 16.5. The number of carbonyl (C=O) groups excluding carboxylic acids is 2. The lowest BCUT2D eigenvalue weighted by Crippen LogP contribution is -2.45. The van der Waals surface area contributed by atoms with E-state index in [4.69, 9.17) is 4.74 Å². The van der Waals surface area contributed by atoms with Gasteiger partial charge in [-0.05, 0) is 51.4 Å². The van der Waals surface area contributed by atoms with Crippen LogP contribution in [0.3, 0.4) is 0 Å². The Bertz CT molecular complexity index is 1100. The van der Waals surface area contributed by atoms with Crippen molar-refractivity contribution in [1.82, 2.24) is 5.32 Å². The first-order valence-corrected chi connectivity index (χ1v) is 33.4. The van der Waals surface area contributed by atoms with Gasteiger partial charge >= 0.3 is 5.97 Å². The normalized spacial score (nSPS) is 12.5. The molecule has 0 aliphatic rings. The van der Waals surface area contributed by atoms with Gasteiger partial charge in [0.2, 0.25) is 5.91 Å². The smallest absolute Gasteiger partial charge is 0.305 e. The van der Waals surface area contributed by atoms with E-state index in [1.807, 2.05) is 0 Å². The Labute approximate surface area is 457 Å². The van der Waals surface area contributed by atoms with Crippen LogP contribution in [0.4, 0.5) is 0 Å². The van der Waals surface area contributed by atoms with Crippen molar-refractivity contribution in [2.24, 2.45) is 0 Å². The molecule has 0 aromatic carbocycles. The molecule has 2 unspecified atom stereocenters. The maximum absolute atomic E-state index is 12.5. The molecule has 6 nitrogen and oxygen atoms in total. The first-order valence-electron chi connectivity index (χ1n) is 33.4. The van der Waals surface area contributed by atoms with Gasteiger partial charge in [-0.2, -0.15) is 0 Å². The molecule has 0 aromatic heterocycles. The van der Waals surface area contributed by atoms with E-state index in [1.165, 1.54) is 308 Å². The van der Waals surface area contributed by atoms with Crippen molar-refractivity contribution in [3.63, 3.8) is 0 Å². The fraction of sp³-hybridized carbons (Fsp3) is 0.940. The Morgan fingerprint density at radius 2 is 0.644 bits per heavy atom. The second-order valence-electron chi connectivity index (χ2n) is 23.2. The zero-order valence-corrected chi connectivity index (χ0v) is 49.6. The summed E-state index contributed by atoms with van der Waals surface area (Å²) in [6, 6.07) is -0.537. The molecule has 0 saturated carbocycles. The van der Waals surface area contributed by atoms with E-state index in [-0.39, 0.29) is 18.5 Å². The lowest BCUT2D eigenvalue weighted by molar-refractivity contribution is -0.143. The monoisotopic (exact) mass is 1030 g/mol. The summed E-state index contributed by atoms with van der Waals surface area (Å²) >= 11 is 0. The van der Waals surface area contributed by atoms with Crippen LogP contribution in [-0.2, 0) is 14.3 Å². The van der Waals surface area contributed by atoms with E-state index in [0.29, 0.717) is 25.9 Å². The first kappa shape index (κ1) is 71.6. The lowest BCUT2D eigenvalue weighted by Gasteiger charge is -2.22. The van der Waals surface area contributed by atoms with Crippen LogP contribution in [0, 0.1) is 0 Å². The Balaban J connectivity index is 3.32. The zero-order valence-electron chi connectivity index (χ0n) is 49.6. The van der Waals surface area contributed by atoms with Gasteiger partial charge in [-0.1, -0.05) is 328 Å². The number of ether oxygens (including phenoxy) is 1. The summed E-state index contributed by atoms with van der Waals surface area (Å²) in [5.74, 6) is -0.0109. The molecule has 1 amide bonds. The van der Waals surface area contributed by atoms with Crippen LogP contribution in [0.1, 0.15) is 380 Å². The molecule has 0 aliphatic carbocycles. The van der Waals surface area contributed by atoms with Gasteiger partial charge in [-0.25, -0.2) is 0 Å². The van der Waals surface area contributed by atoms with Gasteiger partial charge in [0.25, 0.3) is 0 Å². The SMILES string of the molecule is CCCCCCCCCCCCCCC(=O)OCCCCCCCCCCCCCC/C=C\CCCCCCCCCCCCCCCCCCCC(=O)NC(CO)C(O)CCCCCCCCCCCCC. The molecule has 0 aliphatic heterocycles. The number of carbonyl (C=O) groups is 2. The molecule has 434 valence electrons. The van der Waals surface area contributed by atoms with E-state index in [2.05, 4.69) is 31.3 Å². The van der Waals surface area contributed by atoms with E-state index in [1.54, 1.807) is 0 Å². The first-order chi connectivity index (χ1) is 36.0. The molecule has 0 bridgehead atoms. The summed E-state index contributed by atoms with van der Waals surface area (Å²) in [5.41, 5.74) is 0. The molecular weight excluding hydrogens is 899 g/mol. The van der Waals surface area contributed by atoms with Crippen LogP contribution in [0.5, 0.6) is 0 Å². The summed E-state index contributed by atoms with van der Waals surface area (Å²) in [4.78, 5) is 24.5. The van der Waals surface area contributed by atoms with Crippen molar-refractivity contribution in [2.75, 3.05) is 13.2 Å². The number of amides is 1. The van der Waals surface area contributed by atoms with E-state index < -0.39 is 12.1 Å². The zero-order chi connectivity index (χ0) is 52.9. The van der Waals surface area contributed by atoms with E-state index in [0.717, 1.165) is 38.5 Å². The van der Waals surface area contributed by atoms with Gasteiger partial charge < -0.3 is 20.3 Å². The molecule has 73 heavy (non-hydrogen) atoms. The number of hydrogen-bond acceptors (Lipinski definition) is 5. The number of allylic oxidation sites excluding steroid dienone is 2. The van der Waals surface area contributed by atoms with Gasteiger partial charge in [-0.3, -0.25) is 9.59 Å². The molecule has 2 atom stereocenters. The van der Waals surface area contributed by atoms with Gasteiger partial charge in [0.15, 0.2) is 0 Å². The van der Waals surface area contributed by atoms with Crippen LogP contribution in [0.2, 0.25) is 0 Å². The average Bonchev–Trinajstić information content (AvgIpc) is 3.39. The predicted octanol–water partition coefficient (Wildman–Crippen LogP) is 21.2. The second-order valence-corrected chi connectivity index (χ2v) is 23.2. The van der Waals surface area contributed by atoms with E-state index >= 15 is 0 Å². The van der Waals surface area contributed by atoms with Crippen LogP contribution >= 0.6 is 0 Å². The molecule has 0 fully saturated rings. The summed E-state index contributed by atoms with van der Waals surface area (Å²) in [6.45, 7) is 4.97. The predicted molar refractivity (Wildman–Crippen MR) is 320 cm³/mol. The fourth-order valence-electron chi connectivity index (χ4n) is 10.7. The molecule has 0 aromatic rings. The van der Waals surface area contributed by atoms with Crippen molar-refractivity contribution in [3.8, 4) is 0 Å². The molecule has 3 N–H and O–H groups in total. The molecule has 0 saturated heterocycles. The number of esters is 1. The minimum atomic E-state index is -0.659. The standard InChI is InChI=1S/C67H131NO5/c1-3-5-7-9-11-13-15-41-45-49-53-57-61-67(72)73-62-58-54-50-46-42-38-36-34-32-30-28-26-24-22-20-18-16-17-19-21-23-25-27-29-31-33-35-37-40-44-48-52-56-60-66(71)68-64(63-69)65(70)59-55-51-47-43-39-14-12-10-8-6-4-2/h20,22,64-65,69-70H,3-19,21,23-63H2,1-2H3,(H,68,71)/b22-20-. The van der Waals surface area contributed by atoms with Gasteiger partial charge in [0.1, 0.15) is 0 Å². The third-order valence-corrected chi connectivity index (χ3v) is 15.8. The lowest BCUT2D eigenvalue weighted by atomic mass is 10.0. The topological polar surface area (TPSA) is 95.9 Å². The number of aliphatic hydroxyl groups is 2. The Hall–Kier alpha value is -1.40. The molecule has 0 radical (unpaired) electrons. The second kappa shape index (κ2) is 63.1. The third-order valence-electron chi connectivity index (χ3n) is 15.8. The summed E-state index contributed by atoms with van der Waals surface area (Å²) in [6.07, 6.45) is 76.9. The van der Waals surface area contributed by atoms with E-state index in [9.17, 15) is 19.8 Å². The Morgan fingerprint density at radius 1 is 0.370 bits per heavy atom. The molecule has 6 heteroatoms. The highest BCUT2D eigenvalue weighted by Crippen LogP contribution is 2.19. The van der Waals surface area contributed by atoms with Crippen molar-refractivity contribution in [2.45, 2.75) is 392 Å². The number of rotatable bonds is 63. The third kappa shape index (κ3) is 59.7. The van der Waals surface area contributed by atoms with Gasteiger partial charge in [0.05, 0.1) is 25.4 Å². The number of hydrogen-bond donors (Lipinski definition) is 3. The van der Waals surface area contributed by atoms with Gasteiger partial charge in [0, 0.05) is 12.8 Å². The quantitative estimate of drug-likeness (QED) is 0.0320. The van der Waals surface area contributed by atoms with Crippen molar-refractivity contribution in [1.29, 1.82) is 0 Å². The molecular formula is C67H131NO5. The van der Waals surface area contributed by atoms with Crippen molar-refractivity contribution >= 4 is 11.9 Å². The molecule has 0 heterocycles. The summed E-state index contributed by atoms with van der Waals surface area (Å²) < 4.78 is 5.48. The van der Waals surface area contributed by atoms with Crippen LogP contribution in [0.15, 0.2) is 12.2 Å². The largest absolute Gasteiger partial charge is 0.466 e. The van der Waals surface area contributed by atoms with Crippen molar-refractivity contribution < 1.29 is 24.5 Å². The Kier molecular flexibility index (Phi) is 61.9.